The summed E-state index contributed by atoms with van der Waals surface area (Å²) in [5, 5.41) is 1.23. The van der Waals surface area contributed by atoms with Gasteiger partial charge in [-0.05, 0) is 42.9 Å². The van der Waals surface area contributed by atoms with E-state index in [4.69, 9.17) is 14.5 Å². The number of rotatable bonds is 5. The van der Waals surface area contributed by atoms with Crippen molar-refractivity contribution in [1.82, 2.24) is 4.98 Å². The molecular weight excluding hydrogens is 312 g/mol. The highest BCUT2D eigenvalue weighted by Crippen LogP contribution is 2.39. The molecule has 0 unspecified atom stereocenters. The Labute approximate surface area is 151 Å². The van der Waals surface area contributed by atoms with Gasteiger partial charge in [0.15, 0.2) is 0 Å². The molecule has 0 saturated heterocycles. The van der Waals surface area contributed by atoms with Crippen molar-refractivity contribution in [3.8, 4) is 5.88 Å². The van der Waals surface area contributed by atoms with Gasteiger partial charge in [-0.15, -0.1) is 0 Å². The molecule has 0 aliphatic carbocycles. The van der Waals surface area contributed by atoms with E-state index in [9.17, 15) is 0 Å². The fraction of sp³-hybridized carbons (Fsp3) is 0.571. The van der Waals surface area contributed by atoms with Crippen LogP contribution in [0.4, 0.5) is 5.69 Å². The molecule has 4 heteroatoms. The number of fused-ring (bicyclic) bond motifs is 2. The van der Waals surface area contributed by atoms with Crippen LogP contribution in [0.2, 0.25) is 0 Å². The van der Waals surface area contributed by atoms with Crippen LogP contribution in [0.1, 0.15) is 45.2 Å². The van der Waals surface area contributed by atoms with Crippen LogP contribution in [0.3, 0.4) is 0 Å². The third kappa shape index (κ3) is 3.59. The van der Waals surface area contributed by atoms with E-state index in [0.717, 1.165) is 43.9 Å². The highest BCUT2D eigenvalue weighted by Gasteiger charge is 2.24. The third-order valence-electron chi connectivity index (χ3n) is 4.96. The highest BCUT2D eigenvalue weighted by molar-refractivity contribution is 5.95. The number of hydrogen-bond acceptors (Lipinski definition) is 4. The van der Waals surface area contributed by atoms with Crippen molar-refractivity contribution >= 4 is 16.6 Å². The molecule has 0 saturated carbocycles. The van der Waals surface area contributed by atoms with Crippen molar-refractivity contribution in [1.29, 1.82) is 0 Å². The van der Waals surface area contributed by atoms with Crippen LogP contribution in [0, 0.1) is 0 Å². The maximum atomic E-state index is 5.90. The fourth-order valence-corrected chi connectivity index (χ4v) is 3.48. The molecule has 0 radical (unpaired) electrons. The van der Waals surface area contributed by atoms with Crippen molar-refractivity contribution in [2.45, 2.75) is 46.0 Å². The average Bonchev–Trinajstić information content (AvgIpc) is 2.60. The topological polar surface area (TPSA) is 34.6 Å². The molecule has 1 aromatic carbocycles. The lowest BCUT2D eigenvalue weighted by atomic mass is 9.86. The molecule has 0 N–H and O–H groups in total. The molecule has 0 amide bonds. The maximum absolute atomic E-state index is 5.90. The summed E-state index contributed by atoms with van der Waals surface area (Å²) in [6.45, 7) is 12.3. The summed E-state index contributed by atoms with van der Waals surface area (Å²) in [7, 11) is 1.76. The molecule has 0 spiro atoms. The monoisotopic (exact) mass is 342 g/mol. The van der Waals surface area contributed by atoms with Crippen LogP contribution in [-0.2, 0) is 16.6 Å². The molecular formula is C21H30N2O2. The Hall–Kier alpha value is -1.81. The lowest BCUT2D eigenvalue weighted by molar-refractivity contribution is 0.205. The van der Waals surface area contributed by atoms with Crippen molar-refractivity contribution in [2.75, 3.05) is 38.3 Å². The predicted molar refractivity (Wildman–Crippen MR) is 104 cm³/mol. The van der Waals surface area contributed by atoms with Crippen molar-refractivity contribution in [2.24, 2.45) is 0 Å². The summed E-state index contributed by atoms with van der Waals surface area (Å²) in [4.78, 5) is 7.23. The van der Waals surface area contributed by atoms with Gasteiger partial charge >= 0.3 is 0 Å². The number of pyridine rings is 1. The molecule has 1 aliphatic rings. The minimum absolute atomic E-state index is 0.113. The second-order valence-corrected chi connectivity index (χ2v) is 7.75. The summed E-state index contributed by atoms with van der Waals surface area (Å²) in [6.07, 6.45) is 2.07. The molecule has 1 aromatic heterocycles. The van der Waals surface area contributed by atoms with E-state index in [1.165, 1.54) is 22.2 Å². The number of ether oxygens (including phenoxy) is 2. The first-order valence-corrected chi connectivity index (χ1v) is 9.29. The van der Waals surface area contributed by atoms with E-state index >= 15 is 0 Å². The van der Waals surface area contributed by atoms with Gasteiger partial charge in [0.2, 0.25) is 5.88 Å². The second kappa shape index (κ2) is 7.20. The predicted octanol–water partition coefficient (Wildman–Crippen LogP) is 4.33. The normalized spacial score (nSPS) is 14.3. The first kappa shape index (κ1) is 18.0. The lowest BCUT2D eigenvalue weighted by Gasteiger charge is -2.30. The summed E-state index contributed by atoms with van der Waals surface area (Å²) < 4.78 is 11.2. The minimum atomic E-state index is 0.113. The fourth-order valence-electron chi connectivity index (χ4n) is 3.48. The zero-order valence-corrected chi connectivity index (χ0v) is 16.2. The molecule has 0 fully saturated rings. The number of hydrogen-bond donors (Lipinski definition) is 0. The Bertz CT molecular complexity index is 750. The van der Waals surface area contributed by atoms with Gasteiger partial charge in [0.1, 0.15) is 0 Å². The lowest BCUT2D eigenvalue weighted by Crippen LogP contribution is -2.29. The van der Waals surface area contributed by atoms with E-state index in [2.05, 4.69) is 50.8 Å². The van der Waals surface area contributed by atoms with Gasteiger partial charge in [0, 0.05) is 31.1 Å². The van der Waals surface area contributed by atoms with E-state index in [-0.39, 0.29) is 5.41 Å². The molecule has 4 nitrogen and oxygen atoms in total. The Morgan fingerprint density at radius 3 is 2.76 bits per heavy atom. The quantitative estimate of drug-likeness (QED) is 0.810. The van der Waals surface area contributed by atoms with Gasteiger partial charge in [-0.1, -0.05) is 26.8 Å². The Morgan fingerprint density at radius 1 is 1.28 bits per heavy atom. The zero-order valence-electron chi connectivity index (χ0n) is 16.2. The Balaban J connectivity index is 2.23. The summed E-state index contributed by atoms with van der Waals surface area (Å²) in [6, 6.07) is 6.66. The smallest absolute Gasteiger partial charge is 0.219 e. The summed E-state index contributed by atoms with van der Waals surface area (Å²) in [5.41, 5.74) is 5.00. The first-order chi connectivity index (χ1) is 12.0. The zero-order chi connectivity index (χ0) is 18.0. The second-order valence-electron chi connectivity index (χ2n) is 7.75. The number of aromatic nitrogens is 1. The van der Waals surface area contributed by atoms with Gasteiger partial charge in [-0.25, -0.2) is 4.98 Å². The number of nitrogens with zero attached hydrogens (tertiary/aromatic N) is 2. The van der Waals surface area contributed by atoms with Crippen molar-refractivity contribution in [3.05, 3.63) is 29.3 Å². The molecule has 0 atom stereocenters. The van der Waals surface area contributed by atoms with Crippen molar-refractivity contribution in [3.63, 3.8) is 0 Å². The van der Waals surface area contributed by atoms with Crippen LogP contribution < -0.4 is 9.64 Å². The Kier molecular flexibility index (Phi) is 5.19. The standard InChI is InChI=1S/C21H30N2O2/c1-6-23(11-13-24-5)19-16-8-7-12-25-20(16)22-18-10-9-15(14-17(18)19)21(2,3)4/h9-10,14H,6-8,11-13H2,1-5H3. The maximum Gasteiger partial charge on any atom is 0.219 e. The molecule has 136 valence electrons. The summed E-state index contributed by atoms with van der Waals surface area (Å²) >= 11 is 0. The minimum Gasteiger partial charge on any atom is -0.477 e. The molecule has 25 heavy (non-hydrogen) atoms. The largest absolute Gasteiger partial charge is 0.477 e. The van der Waals surface area contributed by atoms with Crippen LogP contribution in [0.15, 0.2) is 18.2 Å². The molecule has 3 rings (SSSR count). The number of likely N-dealkylation sites (N-methyl/N-ethyl adjacent to an activating group) is 1. The van der Waals surface area contributed by atoms with Crippen LogP contribution in [0.25, 0.3) is 10.9 Å². The summed E-state index contributed by atoms with van der Waals surface area (Å²) in [5.74, 6) is 0.813. The van der Waals surface area contributed by atoms with Gasteiger partial charge in [0.05, 0.1) is 24.4 Å². The van der Waals surface area contributed by atoms with Crippen molar-refractivity contribution < 1.29 is 9.47 Å². The number of benzene rings is 1. The first-order valence-electron chi connectivity index (χ1n) is 9.29. The average molecular weight is 342 g/mol. The van der Waals surface area contributed by atoms with Crippen LogP contribution in [0.5, 0.6) is 5.88 Å². The van der Waals surface area contributed by atoms with Gasteiger partial charge in [-0.3, -0.25) is 0 Å². The highest BCUT2D eigenvalue weighted by atomic mass is 16.5. The molecule has 1 aliphatic heterocycles. The molecule has 2 heterocycles. The number of methoxy groups -OCH3 is 1. The van der Waals surface area contributed by atoms with E-state index in [0.29, 0.717) is 6.61 Å². The van der Waals surface area contributed by atoms with E-state index < -0.39 is 0 Å². The van der Waals surface area contributed by atoms with Gasteiger partial charge in [-0.2, -0.15) is 0 Å². The van der Waals surface area contributed by atoms with E-state index in [1.807, 2.05) is 0 Å². The van der Waals surface area contributed by atoms with Crippen LogP contribution >= 0.6 is 0 Å². The third-order valence-corrected chi connectivity index (χ3v) is 4.96. The van der Waals surface area contributed by atoms with Crippen LogP contribution in [-0.4, -0.2) is 38.4 Å². The SMILES string of the molecule is CCN(CCOC)c1c2c(nc3ccc(C(C)(C)C)cc13)OCCC2. The van der Waals surface area contributed by atoms with Gasteiger partial charge in [0.25, 0.3) is 0 Å². The van der Waals surface area contributed by atoms with E-state index in [1.54, 1.807) is 7.11 Å². The molecule has 0 bridgehead atoms. The molecule has 2 aromatic rings. The number of anilines is 1. The van der Waals surface area contributed by atoms with Gasteiger partial charge < -0.3 is 14.4 Å². The Morgan fingerprint density at radius 2 is 2.08 bits per heavy atom.